The van der Waals surface area contributed by atoms with Crippen LogP contribution >= 0.6 is 0 Å². The summed E-state index contributed by atoms with van der Waals surface area (Å²) in [7, 11) is -3.55. The summed E-state index contributed by atoms with van der Waals surface area (Å²) < 4.78 is 32.5. The molecule has 0 aromatic carbocycles. The summed E-state index contributed by atoms with van der Waals surface area (Å²) in [6.45, 7) is 3.61. The van der Waals surface area contributed by atoms with Gasteiger partial charge in [0.05, 0.1) is 17.3 Å². The van der Waals surface area contributed by atoms with E-state index in [4.69, 9.17) is 10.3 Å². The number of hydrogen-bond acceptors (Lipinski definition) is 6. The third-order valence-electron chi connectivity index (χ3n) is 4.41. The Bertz CT molecular complexity index is 785. The minimum Gasteiger partial charge on any atom is -0.336 e. The lowest BCUT2D eigenvalue weighted by atomic mass is 9.96. The number of hydrogen-bond donors (Lipinski definition) is 1. The topological polar surface area (TPSA) is 102 Å². The summed E-state index contributed by atoms with van der Waals surface area (Å²) in [5.41, 5.74) is 6.71. The fourth-order valence-corrected chi connectivity index (χ4v) is 4.65. The SMILES string of the molecule is CCc1noc2ncc(S(=O)(=O)N3CCCC(CCN)C3)cc12. The normalized spacial score (nSPS) is 20.2. The molecule has 2 aromatic heterocycles. The molecule has 1 unspecified atom stereocenters. The van der Waals surface area contributed by atoms with E-state index in [1.807, 2.05) is 6.92 Å². The van der Waals surface area contributed by atoms with Crippen LogP contribution in [-0.2, 0) is 16.4 Å². The van der Waals surface area contributed by atoms with Gasteiger partial charge >= 0.3 is 0 Å². The molecule has 1 saturated heterocycles. The molecule has 1 aliphatic rings. The highest BCUT2D eigenvalue weighted by molar-refractivity contribution is 7.89. The van der Waals surface area contributed by atoms with Crippen molar-refractivity contribution in [3.8, 4) is 0 Å². The van der Waals surface area contributed by atoms with Crippen LogP contribution in [0.25, 0.3) is 11.1 Å². The van der Waals surface area contributed by atoms with Gasteiger partial charge < -0.3 is 10.3 Å². The van der Waals surface area contributed by atoms with Crippen molar-refractivity contribution < 1.29 is 12.9 Å². The molecule has 0 bridgehead atoms. The second-order valence-electron chi connectivity index (χ2n) is 5.96. The van der Waals surface area contributed by atoms with Crippen molar-refractivity contribution in [2.24, 2.45) is 11.7 Å². The van der Waals surface area contributed by atoms with E-state index in [2.05, 4.69) is 10.1 Å². The zero-order valence-corrected chi connectivity index (χ0v) is 14.1. The van der Waals surface area contributed by atoms with Crippen LogP contribution in [-0.4, -0.2) is 42.5 Å². The predicted octanol–water partition coefficient (Wildman–Crippen LogP) is 1.53. The highest BCUT2D eigenvalue weighted by Crippen LogP contribution is 2.27. The van der Waals surface area contributed by atoms with Crippen molar-refractivity contribution >= 4 is 21.1 Å². The molecule has 0 amide bonds. The number of pyridine rings is 1. The second kappa shape index (κ2) is 6.54. The number of rotatable bonds is 5. The summed E-state index contributed by atoms with van der Waals surface area (Å²) >= 11 is 0. The average Bonchev–Trinajstić information content (AvgIpc) is 2.97. The van der Waals surface area contributed by atoms with Gasteiger partial charge in [-0.2, -0.15) is 4.31 Å². The molecule has 0 saturated carbocycles. The first-order valence-corrected chi connectivity index (χ1v) is 9.44. The lowest BCUT2D eigenvalue weighted by Crippen LogP contribution is -2.40. The van der Waals surface area contributed by atoms with Gasteiger partial charge in [0.2, 0.25) is 10.0 Å². The number of piperidine rings is 1. The van der Waals surface area contributed by atoms with Crippen LogP contribution in [0, 0.1) is 5.92 Å². The Kier molecular flexibility index (Phi) is 4.65. The summed E-state index contributed by atoms with van der Waals surface area (Å²) in [6, 6.07) is 1.62. The molecule has 0 radical (unpaired) electrons. The fraction of sp³-hybridized carbons (Fsp3) is 0.600. The Morgan fingerprint density at radius 2 is 2.30 bits per heavy atom. The van der Waals surface area contributed by atoms with Gasteiger partial charge in [0.15, 0.2) is 0 Å². The van der Waals surface area contributed by atoms with Crippen LogP contribution in [0.5, 0.6) is 0 Å². The van der Waals surface area contributed by atoms with E-state index in [9.17, 15) is 8.42 Å². The number of nitrogens with zero attached hydrogens (tertiary/aromatic N) is 3. The van der Waals surface area contributed by atoms with E-state index in [1.54, 1.807) is 10.4 Å². The maximum atomic E-state index is 12.9. The molecule has 1 fully saturated rings. The zero-order valence-electron chi connectivity index (χ0n) is 13.2. The van der Waals surface area contributed by atoms with Crippen LogP contribution in [0.15, 0.2) is 21.7 Å². The largest absolute Gasteiger partial charge is 0.336 e. The van der Waals surface area contributed by atoms with E-state index in [0.29, 0.717) is 43.1 Å². The quantitative estimate of drug-likeness (QED) is 0.887. The second-order valence-corrected chi connectivity index (χ2v) is 7.89. The predicted molar refractivity (Wildman–Crippen MR) is 86.3 cm³/mol. The Hall–Kier alpha value is -1.51. The molecule has 2 aromatic rings. The van der Waals surface area contributed by atoms with Gasteiger partial charge in [0, 0.05) is 13.1 Å². The van der Waals surface area contributed by atoms with Crippen molar-refractivity contribution in [2.75, 3.05) is 19.6 Å². The van der Waals surface area contributed by atoms with Crippen LogP contribution < -0.4 is 5.73 Å². The lowest BCUT2D eigenvalue weighted by Gasteiger charge is -2.31. The molecule has 8 heteroatoms. The molecule has 0 spiro atoms. The Balaban J connectivity index is 1.92. The third-order valence-corrected chi connectivity index (χ3v) is 6.24. The summed E-state index contributed by atoms with van der Waals surface area (Å²) in [5.74, 6) is 0.335. The molecule has 2 N–H and O–H groups in total. The highest BCUT2D eigenvalue weighted by Gasteiger charge is 2.30. The molecule has 23 heavy (non-hydrogen) atoms. The average molecular weight is 338 g/mol. The third kappa shape index (κ3) is 3.11. The zero-order chi connectivity index (χ0) is 16.4. The summed E-state index contributed by atoms with van der Waals surface area (Å²) in [6.07, 6.45) is 4.78. The van der Waals surface area contributed by atoms with E-state index in [-0.39, 0.29) is 4.90 Å². The summed E-state index contributed by atoms with van der Waals surface area (Å²) in [4.78, 5) is 4.32. The Labute approximate surface area is 135 Å². The van der Waals surface area contributed by atoms with Crippen LogP contribution in [0.4, 0.5) is 0 Å². The number of nitrogens with two attached hydrogens (primary N) is 1. The van der Waals surface area contributed by atoms with E-state index in [1.165, 1.54) is 6.20 Å². The maximum Gasteiger partial charge on any atom is 0.258 e. The highest BCUT2D eigenvalue weighted by atomic mass is 32.2. The van der Waals surface area contributed by atoms with Gasteiger partial charge in [-0.1, -0.05) is 12.1 Å². The van der Waals surface area contributed by atoms with Crippen molar-refractivity contribution in [3.05, 3.63) is 18.0 Å². The smallest absolute Gasteiger partial charge is 0.258 e. The molecule has 3 heterocycles. The van der Waals surface area contributed by atoms with E-state index >= 15 is 0 Å². The van der Waals surface area contributed by atoms with Crippen molar-refractivity contribution in [1.29, 1.82) is 0 Å². The van der Waals surface area contributed by atoms with Gasteiger partial charge in [0.25, 0.3) is 5.71 Å². The van der Waals surface area contributed by atoms with E-state index < -0.39 is 10.0 Å². The number of sulfonamides is 1. The molecular formula is C15H22N4O3S. The minimum absolute atomic E-state index is 0.205. The lowest BCUT2D eigenvalue weighted by molar-refractivity contribution is 0.258. The maximum absolute atomic E-state index is 12.9. The first-order valence-electron chi connectivity index (χ1n) is 8.00. The molecule has 1 aliphatic heterocycles. The fourth-order valence-electron chi connectivity index (χ4n) is 3.12. The standard InChI is InChI=1S/C15H22N4O3S/c1-2-14-13-8-12(9-17-15(13)22-18-14)23(20,21)19-7-3-4-11(10-19)5-6-16/h8-9,11H,2-7,10,16H2,1H3. The van der Waals surface area contributed by atoms with Gasteiger partial charge in [0.1, 0.15) is 4.90 Å². The molecule has 0 aliphatic carbocycles. The minimum atomic E-state index is -3.55. The number of aryl methyl sites for hydroxylation is 1. The monoisotopic (exact) mass is 338 g/mol. The first-order chi connectivity index (χ1) is 11.1. The van der Waals surface area contributed by atoms with Crippen LogP contribution in [0.1, 0.15) is 31.9 Å². The van der Waals surface area contributed by atoms with Gasteiger partial charge in [-0.05, 0) is 44.2 Å². The van der Waals surface area contributed by atoms with Gasteiger partial charge in [-0.25, -0.2) is 13.4 Å². The molecular weight excluding hydrogens is 316 g/mol. The van der Waals surface area contributed by atoms with Crippen LogP contribution in [0.2, 0.25) is 0 Å². The van der Waals surface area contributed by atoms with E-state index in [0.717, 1.165) is 25.0 Å². The Morgan fingerprint density at radius 3 is 3.04 bits per heavy atom. The number of aromatic nitrogens is 2. The van der Waals surface area contributed by atoms with Gasteiger partial charge in [-0.3, -0.25) is 0 Å². The van der Waals surface area contributed by atoms with Crippen LogP contribution in [0.3, 0.4) is 0 Å². The molecule has 126 valence electrons. The van der Waals surface area contributed by atoms with Crippen molar-refractivity contribution in [1.82, 2.24) is 14.4 Å². The molecule has 3 rings (SSSR count). The summed E-state index contributed by atoms with van der Waals surface area (Å²) in [5, 5.41) is 4.60. The van der Waals surface area contributed by atoms with Crippen molar-refractivity contribution in [3.63, 3.8) is 0 Å². The van der Waals surface area contributed by atoms with Crippen molar-refractivity contribution in [2.45, 2.75) is 37.5 Å². The number of fused-ring (bicyclic) bond motifs is 1. The Morgan fingerprint density at radius 1 is 1.48 bits per heavy atom. The first kappa shape index (κ1) is 16.4. The molecule has 7 nitrogen and oxygen atoms in total. The molecule has 1 atom stereocenters. The van der Waals surface area contributed by atoms with Gasteiger partial charge in [-0.15, -0.1) is 0 Å².